The van der Waals surface area contributed by atoms with Gasteiger partial charge in [-0.15, -0.1) is 0 Å². The van der Waals surface area contributed by atoms with Crippen molar-refractivity contribution in [1.82, 2.24) is 15.3 Å². The highest BCUT2D eigenvalue weighted by Gasteiger charge is 2.26. The van der Waals surface area contributed by atoms with Gasteiger partial charge in [-0.3, -0.25) is 4.79 Å². The van der Waals surface area contributed by atoms with Crippen LogP contribution >= 0.6 is 0 Å². The highest BCUT2D eigenvalue weighted by molar-refractivity contribution is 5.79. The molecule has 3 rings (SSSR count). The molecule has 0 aliphatic carbocycles. The molecular formula is C21H27FN4O. The molecule has 1 saturated heterocycles. The Morgan fingerprint density at radius 3 is 2.63 bits per heavy atom. The number of amides is 1. The predicted molar refractivity (Wildman–Crippen MR) is 105 cm³/mol. The minimum atomic E-state index is -0.261. The molecule has 5 nitrogen and oxygen atoms in total. The molecule has 1 atom stereocenters. The van der Waals surface area contributed by atoms with E-state index in [9.17, 15) is 9.18 Å². The summed E-state index contributed by atoms with van der Waals surface area (Å²) in [5, 5.41) is 3.06. The number of carbonyl (C=O) groups excluding carboxylic acids is 1. The molecule has 27 heavy (non-hydrogen) atoms. The zero-order valence-electron chi connectivity index (χ0n) is 15.8. The van der Waals surface area contributed by atoms with Gasteiger partial charge in [-0.05, 0) is 37.0 Å². The van der Waals surface area contributed by atoms with E-state index in [1.165, 1.54) is 12.1 Å². The lowest BCUT2D eigenvalue weighted by atomic mass is 9.97. The molecule has 1 fully saturated rings. The summed E-state index contributed by atoms with van der Waals surface area (Å²) in [6, 6.07) is 6.29. The predicted octanol–water partition coefficient (Wildman–Crippen LogP) is 3.81. The van der Waals surface area contributed by atoms with E-state index >= 15 is 0 Å². The number of rotatable bonds is 7. The summed E-state index contributed by atoms with van der Waals surface area (Å²) in [6.07, 6.45) is 8.70. The van der Waals surface area contributed by atoms with Gasteiger partial charge in [0.05, 0.1) is 5.92 Å². The second-order valence-corrected chi connectivity index (χ2v) is 7.06. The molecule has 1 N–H and O–H groups in total. The first-order valence-electron chi connectivity index (χ1n) is 9.78. The number of hydrogen-bond acceptors (Lipinski definition) is 4. The van der Waals surface area contributed by atoms with Crippen molar-refractivity contribution >= 4 is 11.9 Å². The third kappa shape index (κ3) is 5.25. The minimum absolute atomic E-state index is 0.0132. The Morgan fingerprint density at radius 2 is 1.93 bits per heavy atom. The van der Waals surface area contributed by atoms with Crippen LogP contribution in [0.15, 0.2) is 36.7 Å². The first kappa shape index (κ1) is 19.3. The summed E-state index contributed by atoms with van der Waals surface area (Å²) in [7, 11) is 0. The van der Waals surface area contributed by atoms with Crippen LogP contribution in [-0.4, -0.2) is 35.5 Å². The number of halogens is 1. The first-order chi connectivity index (χ1) is 13.2. The van der Waals surface area contributed by atoms with E-state index in [1.807, 2.05) is 0 Å². The second kappa shape index (κ2) is 9.44. The van der Waals surface area contributed by atoms with Gasteiger partial charge in [0.1, 0.15) is 5.82 Å². The highest BCUT2D eigenvalue weighted by atomic mass is 19.1. The van der Waals surface area contributed by atoms with Gasteiger partial charge in [0.15, 0.2) is 0 Å². The molecule has 2 heterocycles. The monoisotopic (exact) mass is 370 g/mol. The number of carbonyl (C=O) groups is 1. The maximum atomic E-state index is 13.1. The van der Waals surface area contributed by atoms with E-state index in [1.54, 1.807) is 24.5 Å². The average molecular weight is 370 g/mol. The summed E-state index contributed by atoms with van der Waals surface area (Å²) < 4.78 is 13.1. The molecule has 1 unspecified atom stereocenters. The van der Waals surface area contributed by atoms with Crippen LogP contribution in [0.25, 0.3) is 11.1 Å². The van der Waals surface area contributed by atoms with Crippen molar-refractivity contribution in [2.24, 2.45) is 5.92 Å². The van der Waals surface area contributed by atoms with E-state index in [4.69, 9.17) is 0 Å². The van der Waals surface area contributed by atoms with E-state index < -0.39 is 0 Å². The Kier molecular flexibility index (Phi) is 6.74. The van der Waals surface area contributed by atoms with E-state index in [0.717, 1.165) is 56.3 Å². The molecule has 2 aromatic rings. The zero-order valence-corrected chi connectivity index (χ0v) is 15.8. The first-order valence-corrected chi connectivity index (χ1v) is 9.78. The SMILES string of the molecule is CCCCCNC(=O)C1CCCN(c2ncc(-c3ccc(F)cc3)cn2)C1. The lowest BCUT2D eigenvalue weighted by molar-refractivity contribution is -0.125. The number of aromatic nitrogens is 2. The van der Waals surface area contributed by atoms with E-state index in [-0.39, 0.29) is 17.6 Å². The van der Waals surface area contributed by atoms with Gasteiger partial charge in [-0.25, -0.2) is 14.4 Å². The number of hydrogen-bond donors (Lipinski definition) is 1. The number of unbranched alkanes of at least 4 members (excludes halogenated alkanes) is 2. The maximum Gasteiger partial charge on any atom is 0.225 e. The van der Waals surface area contributed by atoms with Gasteiger partial charge in [0.25, 0.3) is 0 Å². The largest absolute Gasteiger partial charge is 0.356 e. The summed E-state index contributed by atoms with van der Waals surface area (Å²) in [6.45, 7) is 4.42. The molecule has 1 amide bonds. The molecule has 1 aromatic carbocycles. The van der Waals surface area contributed by atoms with Crippen molar-refractivity contribution < 1.29 is 9.18 Å². The van der Waals surface area contributed by atoms with Crippen molar-refractivity contribution in [3.05, 3.63) is 42.5 Å². The fraction of sp³-hybridized carbons (Fsp3) is 0.476. The third-order valence-electron chi connectivity index (χ3n) is 4.97. The topological polar surface area (TPSA) is 58.1 Å². The minimum Gasteiger partial charge on any atom is -0.356 e. The Bertz CT molecular complexity index is 733. The lowest BCUT2D eigenvalue weighted by Gasteiger charge is -2.32. The molecule has 0 bridgehead atoms. The van der Waals surface area contributed by atoms with Crippen LogP contribution in [-0.2, 0) is 4.79 Å². The van der Waals surface area contributed by atoms with Gasteiger partial charge >= 0.3 is 0 Å². The Balaban J connectivity index is 1.59. The van der Waals surface area contributed by atoms with Gasteiger partial charge in [0.2, 0.25) is 11.9 Å². The summed E-state index contributed by atoms with van der Waals surface area (Å²) in [5.41, 5.74) is 1.73. The molecule has 1 aromatic heterocycles. The molecule has 6 heteroatoms. The lowest BCUT2D eigenvalue weighted by Crippen LogP contribution is -2.43. The van der Waals surface area contributed by atoms with Crippen LogP contribution in [0.5, 0.6) is 0 Å². The van der Waals surface area contributed by atoms with Crippen LogP contribution in [0.3, 0.4) is 0 Å². The van der Waals surface area contributed by atoms with E-state index in [0.29, 0.717) is 12.5 Å². The Hall–Kier alpha value is -2.50. The van der Waals surface area contributed by atoms with Crippen LogP contribution in [0, 0.1) is 11.7 Å². The quantitative estimate of drug-likeness (QED) is 0.753. The molecular weight excluding hydrogens is 343 g/mol. The van der Waals surface area contributed by atoms with Gasteiger partial charge in [-0.1, -0.05) is 31.9 Å². The molecule has 144 valence electrons. The Morgan fingerprint density at radius 1 is 1.19 bits per heavy atom. The van der Waals surface area contributed by atoms with Crippen LogP contribution < -0.4 is 10.2 Å². The number of anilines is 1. The Labute approximate surface area is 160 Å². The maximum absolute atomic E-state index is 13.1. The van der Waals surface area contributed by atoms with Gasteiger partial charge in [0, 0.05) is 37.6 Å². The number of piperidine rings is 1. The normalized spacial score (nSPS) is 17.0. The van der Waals surface area contributed by atoms with Crippen LogP contribution in [0.1, 0.15) is 39.0 Å². The number of nitrogens with zero attached hydrogens (tertiary/aromatic N) is 3. The van der Waals surface area contributed by atoms with Crippen molar-refractivity contribution in [3.8, 4) is 11.1 Å². The third-order valence-corrected chi connectivity index (χ3v) is 4.97. The van der Waals surface area contributed by atoms with Gasteiger partial charge in [-0.2, -0.15) is 0 Å². The molecule has 1 aliphatic rings. The molecule has 0 radical (unpaired) electrons. The summed E-state index contributed by atoms with van der Waals surface area (Å²) in [5.74, 6) is 0.507. The molecule has 0 saturated carbocycles. The van der Waals surface area contributed by atoms with Crippen molar-refractivity contribution in [3.63, 3.8) is 0 Å². The highest BCUT2D eigenvalue weighted by Crippen LogP contribution is 2.23. The fourth-order valence-electron chi connectivity index (χ4n) is 3.38. The van der Waals surface area contributed by atoms with Crippen molar-refractivity contribution in [2.45, 2.75) is 39.0 Å². The zero-order chi connectivity index (χ0) is 19.1. The van der Waals surface area contributed by atoms with Crippen molar-refractivity contribution in [1.29, 1.82) is 0 Å². The summed E-state index contributed by atoms with van der Waals surface area (Å²) >= 11 is 0. The number of nitrogens with one attached hydrogen (secondary N) is 1. The van der Waals surface area contributed by atoms with Crippen molar-refractivity contribution in [2.75, 3.05) is 24.5 Å². The standard InChI is InChI=1S/C21H27FN4O/c1-2-3-4-11-23-20(27)17-6-5-12-26(15-17)21-24-13-18(14-25-21)16-7-9-19(22)10-8-16/h7-10,13-14,17H,2-6,11-12,15H2,1H3,(H,23,27). The average Bonchev–Trinajstić information content (AvgIpc) is 2.72. The second-order valence-electron chi connectivity index (χ2n) is 7.06. The van der Waals surface area contributed by atoms with Crippen LogP contribution in [0.2, 0.25) is 0 Å². The van der Waals surface area contributed by atoms with E-state index in [2.05, 4.69) is 27.1 Å². The fourth-order valence-corrected chi connectivity index (χ4v) is 3.38. The number of benzene rings is 1. The molecule has 0 spiro atoms. The smallest absolute Gasteiger partial charge is 0.225 e. The van der Waals surface area contributed by atoms with Crippen LogP contribution in [0.4, 0.5) is 10.3 Å². The van der Waals surface area contributed by atoms with Gasteiger partial charge < -0.3 is 10.2 Å². The molecule has 1 aliphatic heterocycles. The summed E-state index contributed by atoms with van der Waals surface area (Å²) in [4.78, 5) is 23.4.